The predicted molar refractivity (Wildman–Crippen MR) is 46.0 cm³/mol. The van der Waals surface area contributed by atoms with E-state index in [1.165, 1.54) is 0 Å². The highest BCUT2D eigenvalue weighted by atomic mass is 32.1. The molecular formula is C8H9NS. The molecule has 10 heavy (non-hydrogen) atoms. The Morgan fingerprint density at radius 2 is 2.60 bits per heavy atom. The van der Waals surface area contributed by atoms with Crippen LogP contribution in [-0.2, 0) is 0 Å². The van der Waals surface area contributed by atoms with Gasteiger partial charge in [-0.2, -0.15) is 0 Å². The van der Waals surface area contributed by atoms with Gasteiger partial charge in [-0.25, -0.2) is 0 Å². The second-order valence-corrected chi connectivity index (χ2v) is 2.78. The molecule has 0 radical (unpaired) electrons. The maximum absolute atomic E-state index is 3.95. The molecule has 0 aromatic carbocycles. The number of aromatic nitrogens is 1. The fourth-order valence-electron chi connectivity index (χ4n) is 0.658. The van der Waals surface area contributed by atoms with Crippen molar-refractivity contribution in [2.24, 2.45) is 0 Å². The zero-order valence-electron chi connectivity index (χ0n) is 5.87. The largest absolute Gasteiger partial charge is 0.252 e. The Hall–Kier alpha value is -0.890. The average molecular weight is 151 g/mol. The van der Waals surface area contributed by atoms with Gasteiger partial charge < -0.3 is 0 Å². The van der Waals surface area contributed by atoms with Crippen LogP contribution in [0.3, 0.4) is 0 Å². The zero-order valence-corrected chi connectivity index (χ0v) is 6.69. The lowest BCUT2D eigenvalue weighted by molar-refractivity contribution is 1.42. The summed E-state index contributed by atoms with van der Waals surface area (Å²) in [5.41, 5.74) is 2.84. The molecule has 2 heteroatoms. The summed E-state index contributed by atoms with van der Waals surface area (Å²) in [6.07, 6.45) is 5.78. The smallest absolute Gasteiger partial charge is 0.0797 e. The van der Waals surface area contributed by atoms with Crippen molar-refractivity contribution < 1.29 is 0 Å². The first-order chi connectivity index (χ1) is 4.84. The molecule has 0 saturated carbocycles. The number of thiazole rings is 1. The van der Waals surface area contributed by atoms with Crippen molar-refractivity contribution in [3.63, 3.8) is 0 Å². The van der Waals surface area contributed by atoms with Crippen LogP contribution < -0.4 is 0 Å². The molecule has 0 aliphatic rings. The Labute approximate surface area is 64.7 Å². The van der Waals surface area contributed by atoms with Gasteiger partial charge in [0, 0.05) is 6.20 Å². The summed E-state index contributed by atoms with van der Waals surface area (Å²) in [5, 5.41) is 0. The van der Waals surface area contributed by atoms with Gasteiger partial charge in [-0.1, -0.05) is 18.7 Å². The van der Waals surface area contributed by atoms with Crippen molar-refractivity contribution in [2.75, 3.05) is 0 Å². The Morgan fingerprint density at radius 1 is 1.80 bits per heavy atom. The van der Waals surface area contributed by atoms with Crippen molar-refractivity contribution in [1.82, 2.24) is 4.98 Å². The summed E-state index contributed by atoms with van der Waals surface area (Å²) in [7, 11) is 0. The minimum atomic E-state index is 1.03. The molecule has 0 saturated heterocycles. The minimum absolute atomic E-state index is 1.03. The summed E-state index contributed by atoms with van der Waals surface area (Å²) in [5.74, 6) is 0. The third kappa shape index (κ3) is 1.54. The molecule has 1 aromatic rings. The van der Waals surface area contributed by atoms with E-state index in [0.717, 1.165) is 10.5 Å². The standard InChI is InChI=1S/C8H9NS/c1-3-4-7(2)8-5-9-6-10-8/h3-6H,2H2,1H3. The van der Waals surface area contributed by atoms with Crippen LogP contribution in [0, 0.1) is 0 Å². The molecule has 0 amide bonds. The highest BCUT2D eigenvalue weighted by Gasteiger charge is 1.93. The van der Waals surface area contributed by atoms with Gasteiger partial charge in [-0.05, 0) is 12.5 Å². The quantitative estimate of drug-likeness (QED) is 0.592. The molecule has 1 heterocycles. The van der Waals surface area contributed by atoms with Crippen LogP contribution in [0.15, 0.2) is 30.4 Å². The van der Waals surface area contributed by atoms with E-state index in [2.05, 4.69) is 11.6 Å². The van der Waals surface area contributed by atoms with E-state index in [0.29, 0.717) is 0 Å². The SMILES string of the molecule is C=C(C=CC)c1cncs1. The molecule has 0 unspecified atom stereocenters. The lowest BCUT2D eigenvalue weighted by Gasteiger charge is -1.89. The van der Waals surface area contributed by atoms with Crippen molar-refractivity contribution in [3.05, 3.63) is 35.3 Å². The van der Waals surface area contributed by atoms with Crippen LogP contribution in [0.5, 0.6) is 0 Å². The van der Waals surface area contributed by atoms with Crippen molar-refractivity contribution in [3.8, 4) is 0 Å². The summed E-state index contributed by atoms with van der Waals surface area (Å²) >= 11 is 1.61. The first-order valence-corrected chi connectivity index (χ1v) is 3.93. The average Bonchev–Trinajstić information content (AvgIpc) is 2.38. The van der Waals surface area contributed by atoms with E-state index in [-0.39, 0.29) is 0 Å². The molecule has 0 spiro atoms. The van der Waals surface area contributed by atoms with E-state index in [1.807, 2.05) is 30.8 Å². The molecule has 0 atom stereocenters. The Kier molecular flexibility index (Phi) is 2.40. The number of hydrogen-bond donors (Lipinski definition) is 0. The van der Waals surface area contributed by atoms with E-state index in [4.69, 9.17) is 0 Å². The van der Waals surface area contributed by atoms with Crippen molar-refractivity contribution in [2.45, 2.75) is 6.92 Å². The van der Waals surface area contributed by atoms with Gasteiger partial charge in [0.15, 0.2) is 0 Å². The third-order valence-corrected chi connectivity index (χ3v) is 1.97. The lowest BCUT2D eigenvalue weighted by Crippen LogP contribution is -1.68. The molecule has 52 valence electrons. The van der Waals surface area contributed by atoms with Gasteiger partial charge in [-0.3, -0.25) is 4.98 Å². The molecule has 0 fully saturated rings. The molecule has 0 aliphatic carbocycles. The molecule has 0 bridgehead atoms. The van der Waals surface area contributed by atoms with E-state index in [9.17, 15) is 0 Å². The second kappa shape index (κ2) is 3.32. The maximum atomic E-state index is 3.95. The first kappa shape index (κ1) is 7.22. The Morgan fingerprint density at radius 3 is 3.10 bits per heavy atom. The molecular weight excluding hydrogens is 142 g/mol. The maximum Gasteiger partial charge on any atom is 0.0797 e. The van der Waals surface area contributed by atoms with Crippen LogP contribution in [0.25, 0.3) is 5.57 Å². The van der Waals surface area contributed by atoms with Gasteiger partial charge in [0.05, 0.1) is 10.4 Å². The topological polar surface area (TPSA) is 12.9 Å². The van der Waals surface area contributed by atoms with Gasteiger partial charge in [0.25, 0.3) is 0 Å². The Bertz CT molecular complexity index is 234. The van der Waals surface area contributed by atoms with E-state index >= 15 is 0 Å². The van der Waals surface area contributed by atoms with Gasteiger partial charge >= 0.3 is 0 Å². The van der Waals surface area contributed by atoms with E-state index in [1.54, 1.807) is 11.3 Å². The van der Waals surface area contributed by atoms with Crippen molar-refractivity contribution >= 4 is 16.9 Å². The highest BCUT2D eigenvalue weighted by molar-refractivity contribution is 7.10. The van der Waals surface area contributed by atoms with Crippen LogP contribution >= 0.6 is 11.3 Å². The zero-order chi connectivity index (χ0) is 7.40. The van der Waals surface area contributed by atoms with Crippen LogP contribution in [-0.4, -0.2) is 4.98 Å². The molecule has 1 nitrogen and oxygen atoms in total. The molecule has 1 aromatic heterocycles. The lowest BCUT2D eigenvalue weighted by atomic mass is 10.2. The van der Waals surface area contributed by atoms with Gasteiger partial charge in [0.1, 0.15) is 0 Å². The number of rotatable bonds is 2. The fraction of sp³-hybridized carbons (Fsp3) is 0.125. The van der Waals surface area contributed by atoms with Gasteiger partial charge in [-0.15, -0.1) is 11.3 Å². The third-order valence-electron chi connectivity index (χ3n) is 1.12. The summed E-state index contributed by atoms with van der Waals surface area (Å²) in [6, 6.07) is 0. The van der Waals surface area contributed by atoms with Crippen LogP contribution in [0.1, 0.15) is 11.8 Å². The first-order valence-electron chi connectivity index (χ1n) is 3.05. The van der Waals surface area contributed by atoms with Crippen LogP contribution in [0.2, 0.25) is 0 Å². The number of allylic oxidation sites excluding steroid dienone is 3. The van der Waals surface area contributed by atoms with Crippen molar-refractivity contribution in [1.29, 1.82) is 0 Å². The summed E-state index contributed by atoms with van der Waals surface area (Å²) in [4.78, 5) is 5.09. The molecule has 0 N–H and O–H groups in total. The minimum Gasteiger partial charge on any atom is -0.252 e. The highest BCUT2D eigenvalue weighted by Crippen LogP contribution is 2.16. The molecule has 1 rings (SSSR count). The van der Waals surface area contributed by atoms with E-state index < -0.39 is 0 Å². The predicted octanol–water partition coefficient (Wildman–Crippen LogP) is 2.73. The Balaban J connectivity index is 2.78. The summed E-state index contributed by atoms with van der Waals surface area (Å²) in [6.45, 7) is 5.85. The molecule has 0 aliphatic heterocycles. The van der Waals surface area contributed by atoms with Gasteiger partial charge in [0.2, 0.25) is 0 Å². The monoisotopic (exact) mass is 151 g/mol. The normalized spacial score (nSPS) is 10.5. The number of hydrogen-bond acceptors (Lipinski definition) is 2. The fourth-order valence-corrected chi connectivity index (χ4v) is 1.23. The number of nitrogens with zero attached hydrogens (tertiary/aromatic N) is 1. The summed E-state index contributed by atoms with van der Waals surface area (Å²) < 4.78 is 0. The van der Waals surface area contributed by atoms with Crippen LogP contribution in [0.4, 0.5) is 0 Å². The second-order valence-electron chi connectivity index (χ2n) is 1.89.